The number of benzene rings is 2. The van der Waals surface area contributed by atoms with Crippen LogP contribution in [-0.4, -0.2) is 11.6 Å². The average Bonchev–Trinajstić information content (AvgIpc) is 2.35. The highest BCUT2D eigenvalue weighted by atomic mass is 16.6. The maximum Gasteiger partial charge on any atom is 0.338 e. The van der Waals surface area contributed by atoms with E-state index in [-0.39, 0.29) is 5.97 Å². The number of allylic oxidation sites excluding steroid dienone is 1. The Labute approximate surface area is 120 Å². The maximum atomic E-state index is 12.1. The van der Waals surface area contributed by atoms with E-state index in [9.17, 15) is 4.79 Å². The minimum Gasteiger partial charge on any atom is -0.456 e. The van der Waals surface area contributed by atoms with E-state index >= 15 is 0 Å². The summed E-state index contributed by atoms with van der Waals surface area (Å²) in [4.78, 5) is 12.1. The fourth-order valence-electron chi connectivity index (χ4n) is 1.98. The van der Waals surface area contributed by atoms with Crippen LogP contribution >= 0.6 is 0 Å². The van der Waals surface area contributed by atoms with Crippen molar-refractivity contribution < 1.29 is 9.53 Å². The number of carbonyl (C=O) groups excluding carboxylic acids is 1. The van der Waals surface area contributed by atoms with E-state index in [2.05, 4.69) is 6.58 Å². The van der Waals surface area contributed by atoms with Crippen LogP contribution in [0.5, 0.6) is 0 Å². The van der Waals surface area contributed by atoms with Crippen molar-refractivity contribution in [1.29, 1.82) is 0 Å². The molecule has 2 rings (SSSR count). The van der Waals surface area contributed by atoms with Crippen molar-refractivity contribution >= 4 is 22.3 Å². The monoisotopic (exact) mass is 268 g/mol. The predicted octanol–water partition coefficient (Wildman–Crippen LogP) is 4.83. The lowest BCUT2D eigenvalue weighted by molar-refractivity contribution is 0.00697. The second-order valence-corrected chi connectivity index (χ2v) is 6.06. The zero-order valence-electron chi connectivity index (χ0n) is 12.5. The maximum absolute atomic E-state index is 12.1. The van der Waals surface area contributed by atoms with Gasteiger partial charge in [0.25, 0.3) is 0 Å². The molecule has 0 bridgehead atoms. The van der Waals surface area contributed by atoms with Crippen LogP contribution in [0.15, 0.2) is 43.0 Å². The van der Waals surface area contributed by atoms with Gasteiger partial charge in [-0.2, -0.15) is 0 Å². The molecule has 0 aliphatic heterocycles. The second-order valence-electron chi connectivity index (χ2n) is 6.06. The standard InChI is InChI=1S/C18H20O2/c1-12(2)14-8-6-13-7-9-15(11-16(13)10-14)17(19)20-18(3,4)5/h6-11H,1H2,2-5H3. The Hall–Kier alpha value is -2.09. The third kappa shape index (κ3) is 3.27. The molecule has 2 heteroatoms. The molecular formula is C18H20O2. The zero-order chi connectivity index (χ0) is 14.9. The summed E-state index contributed by atoms with van der Waals surface area (Å²) in [5, 5.41) is 2.12. The summed E-state index contributed by atoms with van der Waals surface area (Å²) in [6, 6.07) is 11.7. The van der Waals surface area contributed by atoms with Crippen LogP contribution in [0.4, 0.5) is 0 Å². The normalized spacial score (nSPS) is 11.4. The number of hydrogen-bond donors (Lipinski definition) is 0. The van der Waals surface area contributed by atoms with Gasteiger partial charge in [-0.15, -0.1) is 0 Å². The first-order chi connectivity index (χ1) is 9.26. The van der Waals surface area contributed by atoms with Gasteiger partial charge in [-0.05, 0) is 62.2 Å². The number of carbonyl (C=O) groups is 1. The minimum absolute atomic E-state index is 0.292. The van der Waals surface area contributed by atoms with Gasteiger partial charge in [0.05, 0.1) is 5.56 Å². The number of fused-ring (bicyclic) bond motifs is 1. The van der Waals surface area contributed by atoms with Gasteiger partial charge in [0.15, 0.2) is 0 Å². The topological polar surface area (TPSA) is 26.3 Å². The van der Waals surface area contributed by atoms with Crippen molar-refractivity contribution in [2.24, 2.45) is 0 Å². The van der Waals surface area contributed by atoms with E-state index < -0.39 is 5.60 Å². The first-order valence-electron chi connectivity index (χ1n) is 6.69. The highest BCUT2D eigenvalue weighted by molar-refractivity contribution is 5.96. The van der Waals surface area contributed by atoms with Crippen molar-refractivity contribution in [3.8, 4) is 0 Å². The Morgan fingerprint density at radius 2 is 1.55 bits per heavy atom. The molecule has 0 aromatic heterocycles. The van der Waals surface area contributed by atoms with Crippen LogP contribution in [0, 0.1) is 0 Å². The molecule has 0 N–H and O–H groups in total. The second kappa shape index (κ2) is 5.12. The van der Waals surface area contributed by atoms with Crippen LogP contribution in [0.1, 0.15) is 43.6 Å². The zero-order valence-corrected chi connectivity index (χ0v) is 12.5. The van der Waals surface area contributed by atoms with E-state index in [0.717, 1.165) is 21.9 Å². The Balaban J connectivity index is 2.41. The highest BCUT2D eigenvalue weighted by Crippen LogP contribution is 2.22. The lowest BCUT2D eigenvalue weighted by Gasteiger charge is -2.19. The summed E-state index contributed by atoms with van der Waals surface area (Å²) in [7, 11) is 0. The fourth-order valence-corrected chi connectivity index (χ4v) is 1.98. The van der Waals surface area contributed by atoms with Gasteiger partial charge < -0.3 is 4.74 Å². The van der Waals surface area contributed by atoms with E-state index in [1.165, 1.54) is 0 Å². The first kappa shape index (κ1) is 14.3. The van der Waals surface area contributed by atoms with Gasteiger partial charge in [-0.1, -0.05) is 30.4 Å². The molecule has 2 nitrogen and oxygen atoms in total. The number of rotatable bonds is 2. The number of hydrogen-bond acceptors (Lipinski definition) is 2. The minimum atomic E-state index is -0.481. The summed E-state index contributed by atoms with van der Waals surface area (Å²) in [5.74, 6) is -0.292. The van der Waals surface area contributed by atoms with Crippen LogP contribution in [0.2, 0.25) is 0 Å². The summed E-state index contributed by atoms with van der Waals surface area (Å²) in [6.45, 7) is 11.5. The predicted molar refractivity (Wildman–Crippen MR) is 83.8 cm³/mol. The van der Waals surface area contributed by atoms with Crippen LogP contribution < -0.4 is 0 Å². The molecule has 2 aromatic rings. The van der Waals surface area contributed by atoms with Crippen LogP contribution in [0.3, 0.4) is 0 Å². The third-order valence-corrected chi connectivity index (χ3v) is 2.97. The quantitative estimate of drug-likeness (QED) is 0.729. The van der Waals surface area contributed by atoms with Gasteiger partial charge in [0.2, 0.25) is 0 Å². The van der Waals surface area contributed by atoms with Gasteiger partial charge in [0, 0.05) is 0 Å². The average molecular weight is 268 g/mol. The molecule has 0 fully saturated rings. The van der Waals surface area contributed by atoms with E-state index in [1.807, 2.05) is 58.0 Å². The molecule has 104 valence electrons. The van der Waals surface area contributed by atoms with E-state index in [4.69, 9.17) is 4.74 Å². The van der Waals surface area contributed by atoms with Crippen LogP contribution in [-0.2, 0) is 4.74 Å². The molecule has 0 unspecified atom stereocenters. The summed E-state index contributed by atoms with van der Waals surface area (Å²) < 4.78 is 5.39. The molecule has 0 saturated heterocycles. The third-order valence-electron chi connectivity index (χ3n) is 2.97. The lowest BCUT2D eigenvalue weighted by Crippen LogP contribution is -2.23. The van der Waals surface area contributed by atoms with Crippen LogP contribution in [0.25, 0.3) is 16.3 Å². The summed E-state index contributed by atoms with van der Waals surface area (Å²) in [6.07, 6.45) is 0. The molecular weight excluding hydrogens is 248 g/mol. The molecule has 0 saturated carbocycles. The number of esters is 1. The molecule has 0 aliphatic carbocycles. The Kier molecular flexibility index (Phi) is 3.67. The highest BCUT2D eigenvalue weighted by Gasteiger charge is 2.17. The molecule has 0 radical (unpaired) electrons. The molecule has 0 heterocycles. The van der Waals surface area contributed by atoms with Gasteiger partial charge in [0.1, 0.15) is 5.60 Å². The molecule has 0 amide bonds. The van der Waals surface area contributed by atoms with Crippen molar-refractivity contribution in [3.05, 3.63) is 54.1 Å². The molecule has 20 heavy (non-hydrogen) atoms. The molecule has 0 aliphatic rings. The van der Waals surface area contributed by atoms with E-state index in [1.54, 1.807) is 6.07 Å². The van der Waals surface area contributed by atoms with E-state index in [0.29, 0.717) is 5.56 Å². The summed E-state index contributed by atoms with van der Waals surface area (Å²) in [5.41, 5.74) is 2.19. The Morgan fingerprint density at radius 1 is 1.00 bits per heavy atom. The van der Waals surface area contributed by atoms with Gasteiger partial charge >= 0.3 is 5.97 Å². The summed E-state index contributed by atoms with van der Waals surface area (Å²) >= 11 is 0. The van der Waals surface area contributed by atoms with Gasteiger partial charge in [-0.25, -0.2) is 4.79 Å². The SMILES string of the molecule is C=C(C)c1ccc2ccc(C(=O)OC(C)(C)C)cc2c1. The first-order valence-corrected chi connectivity index (χ1v) is 6.69. The smallest absolute Gasteiger partial charge is 0.338 e. The van der Waals surface area contributed by atoms with Crippen molar-refractivity contribution in [2.75, 3.05) is 0 Å². The fraction of sp³-hybridized carbons (Fsp3) is 0.278. The Bertz CT molecular complexity index is 675. The number of ether oxygens (including phenoxy) is 1. The molecule has 0 spiro atoms. The van der Waals surface area contributed by atoms with Crippen molar-refractivity contribution in [2.45, 2.75) is 33.3 Å². The Morgan fingerprint density at radius 3 is 2.10 bits per heavy atom. The van der Waals surface area contributed by atoms with Gasteiger partial charge in [-0.3, -0.25) is 0 Å². The molecule has 0 atom stereocenters. The largest absolute Gasteiger partial charge is 0.456 e. The lowest BCUT2D eigenvalue weighted by atomic mass is 10.0. The van der Waals surface area contributed by atoms with Crippen molar-refractivity contribution in [3.63, 3.8) is 0 Å². The molecule has 2 aromatic carbocycles. The van der Waals surface area contributed by atoms with Crippen molar-refractivity contribution in [1.82, 2.24) is 0 Å².